The topological polar surface area (TPSA) is 93.2 Å². The van der Waals surface area contributed by atoms with Crippen molar-refractivity contribution >= 4 is 51.5 Å². The monoisotopic (exact) mass is 402 g/mol. The predicted molar refractivity (Wildman–Crippen MR) is 87.9 cm³/mol. The largest absolute Gasteiger partial charge is 0.507 e. The summed E-state index contributed by atoms with van der Waals surface area (Å²) in [5.41, 5.74) is 6.22. The van der Waals surface area contributed by atoms with Crippen LogP contribution in [0.2, 0.25) is 0 Å². The van der Waals surface area contributed by atoms with E-state index in [1.165, 1.54) is 16.9 Å². The maximum atomic E-state index is 12.2. The van der Waals surface area contributed by atoms with Crippen LogP contribution in [-0.4, -0.2) is 25.8 Å². The third-order valence-corrected chi connectivity index (χ3v) is 3.53. The lowest BCUT2D eigenvalue weighted by Crippen LogP contribution is -2.19. The number of aromatic nitrogens is 2. The van der Waals surface area contributed by atoms with Crippen molar-refractivity contribution in [2.75, 3.05) is 5.32 Å². The number of aryl methyl sites for hydroxylation is 1. The first-order chi connectivity index (χ1) is 9.40. The summed E-state index contributed by atoms with van der Waals surface area (Å²) in [6.07, 6.45) is 1.48. The summed E-state index contributed by atoms with van der Waals surface area (Å²) in [6, 6.07) is 4.76. The molecule has 0 radical (unpaired) electrons. The standard InChI is InChI=1S/C12H11IN4O2S/c1-17-11(8(5-15-17)10(14)20)16-12(19)7-4-6(13)2-3-9(7)18/h2-5,18H,1H3,(H2,14,20)(H,16,19). The minimum absolute atomic E-state index is 0.0954. The Bertz CT molecular complexity index is 699. The first-order valence-corrected chi connectivity index (χ1v) is 7.00. The molecule has 4 N–H and O–H groups in total. The van der Waals surface area contributed by atoms with Gasteiger partial charge in [0.1, 0.15) is 16.6 Å². The zero-order chi connectivity index (χ0) is 14.9. The molecule has 8 heteroatoms. The van der Waals surface area contributed by atoms with Crippen molar-refractivity contribution in [2.24, 2.45) is 12.8 Å². The third kappa shape index (κ3) is 2.90. The molecule has 0 aliphatic rings. The number of carbonyl (C=O) groups excluding carboxylic acids is 1. The highest BCUT2D eigenvalue weighted by Gasteiger charge is 2.17. The SMILES string of the molecule is Cn1ncc(C(N)=S)c1NC(=O)c1cc(I)ccc1O. The summed E-state index contributed by atoms with van der Waals surface area (Å²) in [7, 11) is 1.66. The summed E-state index contributed by atoms with van der Waals surface area (Å²) in [4.78, 5) is 12.4. The maximum absolute atomic E-state index is 12.2. The van der Waals surface area contributed by atoms with Crippen molar-refractivity contribution in [3.05, 3.63) is 39.1 Å². The summed E-state index contributed by atoms with van der Waals surface area (Å²) in [5, 5.41) is 16.4. The molecule has 0 spiro atoms. The van der Waals surface area contributed by atoms with Gasteiger partial charge in [-0.05, 0) is 40.8 Å². The third-order valence-electron chi connectivity index (χ3n) is 2.64. The van der Waals surface area contributed by atoms with Gasteiger partial charge in [-0.25, -0.2) is 0 Å². The molecule has 1 aromatic heterocycles. The van der Waals surface area contributed by atoms with Gasteiger partial charge in [-0.15, -0.1) is 0 Å². The van der Waals surface area contributed by atoms with Crippen molar-refractivity contribution in [1.82, 2.24) is 9.78 Å². The van der Waals surface area contributed by atoms with Gasteiger partial charge in [-0.3, -0.25) is 9.48 Å². The highest BCUT2D eigenvalue weighted by Crippen LogP contribution is 2.22. The quantitative estimate of drug-likeness (QED) is 0.536. The molecule has 0 bridgehead atoms. The second-order valence-electron chi connectivity index (χ2n) is 4.01. The second kappa shape index (κ2) is 5.75. The summed E-state index contributed by atoms with van der Waals surface area (Å²) in [6.45, 7) is 0. The number of carbonyl (C=O) groups is 1. The van der Waals surface area contributed by atoms with Crippen LogP contribution in [0, 0.1) is 3.57 Å². The summed E-state index contributed by atoms with van der Waals surface area (Å²) in [5.74, 6) is -0.162. The number of phenols is 1. The van der Waals surface area contributed by atoms with Gasteiger partial charge in [0.15, 0.2) is 0 Å². The van der Waals surface area contributed by atoms with Crippen LogP contribution in [0.4, 0.5) is 5.82 Å². The normalized spacial score (nSPS) is 10.3. The van der Waals surface area contributed by atoms with Crippen LogP contribution in [0.25, 0.3) is 0 Å². The van der Waals surface area contributed by atoms with Crippen molar-refractivity contribution < 1.29 is 9.90 Å². The van der Waals surface area contributed by atoms with Gasteiger partial charge in [0.05, 0.1) is 17.3 Å². The molecule has 0 saturated heterocycles. The Kier molecular flexibility index (Phi) is 4.23. The minimum atomic E-state index is -0.456. The second-order valence-corrected chi connectivity index (χ2v) is 5.70. The van der Waals surface area contributed by atoms with Crippen LogP contribution in [-0.2, 0) is 7.05 Å². The van der Waals surface area contributed by atoms with E-state index in [9.17, 15) is 9.90 Å². The van der Waals surface area contributed by atoms with E-state index >= 15 is 0 Å². The number of halogens is 1. The number of benzene rings is 1. The minimum Gasteiger partial charge on any atom is -0.507 e. The predicted octanol–water partition coefficient (Wildman–Crippen LogP) is 1.62. The Hall–Kier alpha value is -1.68. The molecule has 0 saturated carbocycles. The molecule has 2 rings (SSSR count). The average molecular weight is 402 g/mol. The van der Waals surface area contributed by atoms with Crippen molar-refractivity contribution in [1.29, 1.82) is 0 Å². The van der Waals surface area contributed by atoms with Gasteiger partial charge >= 0.3 is 0 Å². The molecule has 0 aliphatic carbocycles. The van der Waals surface area contributed by atoms with E-state index < -0.39 is 5.91 Å². The number of nitrogens with zero attached hydrogens (tertiary/aromatic N) is 2. The maximum Gasteiger partial charge on any atom is 0.260 e. The van der Waals surface area contributed by atoms with Gasteiger partial charge in [0.2, 0.25) is 0 Å². The van der Waals surface area contributed by atoms with E-state index in [4.69, 9.17) is 18.0 Å². The molecule has 20 heavy (non-hydrogen) atoms. The molecule has 0 fully saturated rings. The van der Waals surface area contributed by atoms with Crippen LogP contribution in [0.3, 0.4) is 0 Å². The molecule has 1 aromatic carbocycles. The number of phenolic OH excluding ortho intramolecular Hbond substituents is 1. The number of hydrogen-bond donors (Lipinski definition) is 3. The lowest BCUT2D eigenvalue weighted by atomic mass is 10.2. The van der Waals surface area contributed by atoms with Gasteiger partial charge in [-0.1, -0.05) is 12.2 Å². The number of aromatic hydroxyl groups is 1. The van der Waals surface area contributed by atoms with Crippen molar-refractivity contribution in [3.63, 3.8) is 0 Å². The molecule has 0 aliphatic heterocycles. The fourth-order valence-corrected chi connectivity index (χ4v) is 2.27. The highest BCUT2D eigenvalue weighted by atomic mass is 127. The number of rotatable bonds is 3. The molecule has 6 nitrogen and oxygen atoms in total. The number of amides is 1. The molecule has 1 amide bonds. The van der Waals surface area contributed by atoms with Crippen LogP contribution in [0.1, 0.15) is 15.9 Å². The Morgan fingerprint density at radius 2 is 2.20 bits per heavy atom. The average Bonchev–Trinajstić information content (AvgIpc) is 2.74. The summed E-state index contributed by atoms with van der Waals surface area (Å²) < 4.78 is 2.29. The lowest BCUT2D eigenvalue weighted by molar-refractivity contribution is 0.102. The molecular formula is C12H11IN4O2S. The Morgan fingerprint density at radius 3 is 2.85 bits per heavy atom. The van der Waals surface area contributed by atoms with Gasteiger partial charge in [0, 0.05) is 10.6 Å². The molecule has 0 atom stereocenters. The number of thiocarbonyl (C=S) groups is 1. The Balaban J connectivity index is 2.35. The van der Waals surface area contributed by atoms with E-state index in [1.54, 1.807) is 19.2 Å². The van der Waals surface area contributed by atoms with E-state index in [1.807, 2.05) is 0 Å². The number of hydrogen-bond acceptors (Lipinski definition) is 4. The van der Waals surface area contributed by atoms with E-state index in [2.05, 4.69) is 33.0 Å². The number of anilines is 1. The van der Waals surface area contributed by atoms with E-state index in [-0.39, 0.29) is 16.3 Å². The molecule has 2 aromatic rings. The molecular weight excluding hydrogens is 391 g/mol. The van der Waals surface area contributed by atoms with Gasteiger partial charge < -0.3 is 16.2 Å². The van der Waals surface area contributed by atoms with E-state index in [0.29, 0.717) is 11.4 Å². The number of nitrogens with one attached hydrogen (secondary N) is 1. The lowest BCUT2D eigenvalue weighted by Gasteiger charge is -2.09. The molecule has 0 unspecified atom stereocenters. The summed E-state index contributed by atoms with van der Waals surface area (Å²) >= 11 is 6.96. The zero-order valence-electron chi connectivity index (χ0n) is 10.4. The molecule has 1 heterocycles. The van der Waals surface area contributed by atoms with Crippen molar-refractivity contribution in [3.8, 4) is 5.75 Å². The molecule has 104 valence electrons. The highest BCUT2D eigenvalue weighted by molar-refractivity contribution is 14.1. The Morgan fingerprint density at radius 1 is 1.50 bits per heavy atom. The first-order valence-electron chi connectivity index (χ1n) is 5.52. The number of nitrogens with two attached hydrogens (primary N) is 1. The zero-order valence-corrected chi connectivity index (χ0v) is 13.4. The fraction of sp³-hybridized carbons (Fsp3) is 0.0833. The smallest absolute Gasteiger partial charge is 0.260 e. The fourth-order valence-electron chi connectivity index (χ4n) is 1.63. The Labute approximate surface area is 134 Å². The van der Waals surface area contributed by atoms with Gasteiger partial charge in [0.25, 0.3) is 5.91 Å². The van der Waals surface area contributed by atoms with E-state index in [0.717, 1.165) is 3.57 Å². The van der Waals surface area contributed by atoms with Crippen LogP contribution < -0.4 is 11.1 Å². The first kappa shape index (κ1) is 14.7. The van der Waals surface area contributed by atoms with Crippen LogP contribution in [0.15, 0.2) is 24.4 Å². The van der Waals surface area contributed by atoms with Crippen LogP contribution in [0.5, 0.6) is 5.75 Å². The van der Waals surface area contributed by atoms with Crippen molar-refractivity contribution in [2.45, 2.75) is 0 Å². The van der Waals surface area contributed by atoms with Crippen LogP contribution >= 0.6 is 34.8 Å². The van der Waals surface area contributed by atoms with Gasteiger partial charge in [-0.2, -0.15) is 5.10 Å².